The Morgan fingerprint density at radius 3 is 2.09 bits per heavy atom. The minimum absolute atomic E-state index is 0.273. The quantitative estimate of drug-likeness (QED) is 0.317. The highest BCUT2D eigenvalue weighted by molar-refractivity contribution is 6.27. The molecule has 0 radical (unpaired) electrons. The minimum Gasteiger partial charge on any atom is -0.493 e. The summed E-state index contributed by atoms with van der Waals surface area (Å²) in [7, 11) is 3.26. The van der Waals surface area contributed by atoms with Crippen LogP contribution < -0.4 is 19.5 Å². The summed E-state index contributed by atoms with van der Waals surface area (Å²) in [5, 5.41) is 28.2. The molecule has 0 saturated carbocycles. The lowest BCUT2D eigenvalue weighted by Gasteiger charge is -2.16. The third-order valence-corrected chi connectivity index (χ3v) is 4.43. The average molecular weight is 450 g/mol. The van der Waals surface area contributed by atoms with Gasteiger partial charge in [0.2, 0.25) is 0 Å². The zero-order valence-corrected chi connectivity index (χ0v) is 18.8. The Kier molecular flexibility index (Phi) is 11.6. The molecule has 0 amide bonds. The van der Waals surface area contributed by atoms with Crippen LogP contribution in [0.15, 0.2) is 36.4 Å². The van der Waals surface area contributed by atoms with Crippen molar-refractivity contribution in [3.63, 3.8) is 0 Å². The second-order valence-corrected chi connectivity index (χ2v) is 6.94. The second-order valence-electron chi connectivity index (χ2n) is 6.94. The summed E-state index contributed by atoms with van der Waals surface area (Å²) in [6.45, 7) is 5.54. The first-order valence-electron chi connectivity index (χ1n) is 9.94. The van der Waals surface area contributed by atoms with Gasteiger partial charge < -0.3 is 34.8 Å². The predicted octanol–water partition coefficient (Wildman–Crippen LogP) is 2.05. The molecule has 2 rings (SSSR count). The van der Waals surface area contributed by atoms with Crippen molar-refractivity contribution in [2.24, 2.45) is 0 Å². The number of aliphatic hydroxyl groups is 1. The normalized spacial score (nSPS) is 11.0. The molecule has 4 N–H and O–H groups in total. The van der Waals surface area contributed by atoms with Gasteiger partial charge in [-0.3, -0.25) is 0 Å². The van der Waals surface area contributed by atoms with Crippen LogP contribution in [0.3, 0.4) is 0 Å². The van der Waals surface area contributed by atoms with Crippen molar-refractivity contribution < 1.29 is 39.1 Å². The molecule has 0 saturated heterocycles. The first-order chi connectivity index (χ1) is 15.2. The van der Waals surface area contributed by atoms with Crippen LogP contribution in [-0.2, 0) is 16.0 Å². The summed E-state index contributed by atoms with van der Waals surface area (Å²) < 4.78 is 16.3. The number of aliphatic carboxylic acids is 2. The molecule has 0 fully saturated rings. The van der Waals surface area contributed by atoms with E-state index in [1.54, 1.807) is 14.2 Å². The molecule has 32 heavy (non-hydrogen) atoms. The summed E-state index contributed by atoms with van der Waals surface area (Å²) in [5.41, 5.74) is 3.31. The maximum absolute atomic E-state index is 10.1. The number of carboxylic acid groups (broad SMARTS) is 2. The summed E-state index contributed by atoms with van der Waals surface area (Å²) in [5.74, 6) is -1.34. The number of carboxylic acids is 2. The number of para-hydroxylation sites is 1. The number of methoxy groups -OCH3 is 2. The number of hydrogen-bond donors (Lipinski definition) is 4. The predicted molar refractivity (Wildman–Crippen MR) is 119 cm³/mol. The SMILES string of the molecule is COc1ccc(CCNCC(O)COc2c(C)cccc2C)cc1OC.O=C(O)C(=O)O. The maximum Gasteiger partial charge on any atom is 0.414 e. The summed E-state index contributed by atoms with van der Waals surface area (Å²) >= 11 is 0. The Labute approximate surface area is 187 Å². The molecule has 0 aliphatic rings. The lowest BCUT2D eigenvalue weighted by Crippen LogP contribution is -2.32. The van der Waals surface area contributed by atoms with Crippen molar-refractivity contribution in [3.05, 3.63) is 53.1 Å². The molecule has 0 heterocycles. The molecular formula is C23H31NO8. The molecule has 2 aromatic carbocycles. The van der Waals surface area contributed by atoms with E-state index >= 15 is 0 Å². The largest absolute Gasteiger partial charge is 0.493 e. The number of hydrogen-bond acceptors (Lipinski definition) is 7. The van der Waals surface area contributed by atoms with Gasteiger partial charge in [0.05, 0.1) is 14.2 Å². The number of carbonyl (C=O) groups is 2. The fourth-order valence-corrected chi connectivity index (χ4v) is 2.80. The lowest BCUT2D eigenvalue weighted by atomic mass is 10.1. The molecule has 9 heteroatoms. The average Bonchev–Trinajstić information content (AvgIpc) is 2.76. The smallest absolute Gasteiger partial charge is 0.414 e. The van der Waals surface area contributed by atoms with E-state index < -0.39 is 18.0 Å². The van der Waals surface area contributed by atoms with Gasteiger partial charge in [0, 0.05) is 6.54 Å². The topological polar surface area (TPSA) is 135 Å². The van der Waals surface area contributed by atoms with Crippen LogP contribution in [0, 0.1) is 13.8 Å². The van der Waals surface area contributed by atoms with E-state index in [-0.39, 0.29) is 6.61 Å². The van der Waals surface area contributed by atoms with Gasteiger partial charge in [-0.2, -0.15) is 0 Å². The zero-order chi connectivity index (χ0) is 24.1. The van der Waals surface area contributed by atoms with Crippen molar-refractivity contribution in [2.75, 3.05) is 33.9 Å². The lowest BCUT2D eigenvalue weighted by molar-refractivity contribution is -0.159. The molecular weight excluding hydrogens is 418 g/mol. The number of nitrogens with one attached hydrogen (secondary N) is 1. The number of benzene rings is 2. The fourth-order valence-electron chi connectivity index (χ4n) is 2.80. The van der Waals surface area contributed by atoms with Crippen molar-refractivity contribution >= 4 is 11.9 Å². The summed E-state index contributed by atoms with van der Waals surface area (Å²) in [6.07, 6.45) is 0.282. The first-order valence-corrected chi connectivity index (χ1v) is 9.94. The molecule has 0 aliphatic carbocycles. The van der Waals surface area contributed by atoms with Crippen molar-refractivity contribution in [1.82, 2.24) is 5.32 Å². The monoisotopic (exact) mass is 449 g/mol. The number of ether oxygens (including phenoxy) is 3. The van der Waals surface area contributed by atoms with Crippen LogP contribution in [0.4, 0.5) is 0 Å². The molecule has 1 atom stereocenters. The van der Waals surface area contributed by atoms with Crippen LogP contribution >= 0.6 is 0 Å². The first kappa shape index (κ1) is 26.7. The highest BCUT2D eigenvalue weighted by atomic mass is 16.5. The van der Waals surface area contributed by atoms with E-state index in [0.29, 0.717) is 6.54 Å². The standard InChI is InChI=1S/C21H29NO4.C2H2O4/c1-15-6-5-7-16(2)21(15)26-14-18(23)13-22-11-10-17-8-9-19(24-3)20(12-17)25-4;3-1(4)2(5)6/h5-9,12,18,22-23H,10-11,13-14H2,1-4H3;(H,3,4)(H,5,6). The minimum atomic E-state index is -1.82. The highest BCUT2D eigenvalue weighted by Gasteiger charge is 2.09. The van der Waals surface area contributed by atoms with E-state index in [4.69, 9.17) is 34.0 Å². The van der Waals surface area contributed by atoms with Gasteiger partial charge in [-0.25, -0.2) is 9.59 Å². The van der Waals surface area contributed by atoms with E-state index in [9.17, 15) is 5.11 Å². The molecule has 176 valence electrons. The Balaban J connectivity index is 0.000000751. The third-order valence-electron chi connectivity index (χ3n) is 4.43. The van der Waals surface area contributed by atoms with Crippen LogP contribution in [-0.4, -0.2) is 67.3 Å². The van der Waals surface area contributed by atoms with Gasteiger partial charge in [-0.1, -0.05) is 24.3 Å². The van der Waals surface area contributed by atoms with Gasteiger partial charge in [0.25, 0.3) is 0 Å². The summed E-state index contributed by atoms with van der Waals surface area (Å²) in [6, 6.07) is 11.9. The third kappa shape index (κ3) is 9.23. The van der Waals surface area contributed by atoms with E-state index in [1.165, 1.54) is 0 Å². The van der Waals surface area contributed by atoms with Crippen LogP contribution in [0.2, 0.25) is 0 Å². The van der Waals surface area contributed by atoms with Crippen molar-refractivity contribution in [3.8, 4) is 17.2 Å². The van der Waals surface area contributed by atoms with Crippen molar-refractivity contribution in [1.29, 1.82) is 0 Å². The maximum atomic E-state index is 10.1. The molecule has 1 unspecified atom stereocenters. The second kappa shape index (κ2) is 13.9. The molecule has 0 aliphatic heterocycles. The number of aliphatic hydroxyl groups excluding tert-OH is 1. The van der Waals surface area contributed by atoms with E-state index in [0.717, 1.165) is 46.9 Å². The van der Waals surface area contributed by atoms with Crippen LogP contribution in [0.5, 0.6) is 17.2 Å². The molecule has 0 aromatic heterocycles. The Hall–Kier alpha value is -3.30. The molecule has 2 aromatic rings. The number of aryl methyl sites for hydroxylation is 2. The van der Waals surface area contributed by atoms with Gasteiger partial charge in [-0.15, -0.1) is 0 Å². The van der Waals surface area contributed by atoms with Gasteiger partial charge in [-0.05, 0) is 55.6 Å². The van der Waals surface area contributed by atoms with E-state index in [1.807, 2.05) is 50.2 Å². The van der Waals surface area contributed by atoms with Gasteiger partial charge in [0.15, 0.2) is 11.5 Å². The van der Waals surface area contributed by atoms with E-state index in [2.05, 4.69) is 5.32 Å². The van der Waals surface area contributed by atoms with Gasteiger partial charge in [0.1, 0.15) is 18.5 Å². The fraction of sp³-hybridized carbons (Fsp3) is 0.391. The molecule has 0 spiro atoms. The van der Waals surface area contributed by atoms with Crippen LogP contribution in [0.1, 0.15) is 16.7 Å². The zero-order valence-electron chi connectivity index (χ0n) is 18.8. The van der Waals surface area contributed by atoms with Crippen LogP contribution in [0.25, 0.3) is 0 Å². The van der Waals surface area contributed by atoms with Crippen molar-refractivity contribution in [2.45, 2.75) is 26.4 Å². The Morgan fingerprint density at radius 1 is 0.969 bits per heavy atom. The number of rotatable bonds is 10. The summed E-state index contributed by atoms with van der Waals surface area (Å²) in [4.78, 5) is 18.2. The van der Waals surface area contributed by atoms with Gasteiger partial charge >= 0.3 is 11.9 Å². The molecule has 9 nitrogen and oxygen atoms in total. The Morgan fingerprint density at radius 2 is 1.56 bits per heavy atom. The Bertz CT molecular complexity index is 852. The highest BCUT2D eigenvalue weighted by Crippen LogP contribution is 2.27. The molecule has 0 bridgehead atoms.